The van der Waals surface area contributed by atoms with Crippen molar-refractivity contribution in [2.75, 3.05) is 11.9 Å². The van der Waals surface area contributed by atoms with Crippen molar-refractivity contribution in [3.05, 3.63) is 77.6 Å². The molecule has 2 aromatic carbocycles. The maximum atomic E-state index is 13.6. The number of aliphatic hydroxyl groups excluding tert-OH is 1. The molecule has 182 valence electrons. The van der Waals surface area contributed by atoms with Crippen molar-refractivity contribution in [3.63, 3.8) is 0 Å². The second kappa shape index (κ2) is 9.79. The third-order valence-electron chi connectivity index (χ3n) is 6.09. The van der Waals surface area contributed by atoms with Crippen molar-refractivity contribution >= 4 is 23.4 Å². The number of para-hydroxylation sites is 1. The first-order valence-corrected chi connectivity index (χ1v) is 11.1. The molecule has 3 N–H and O–H groups in total. The van der Waals surface area contributed by atoms with E-state index in [0.717, 1.165) is 23.3 Å². The van der Waals surface area contributed by atoms with Crippen LogP contribution in [-0.4, -0.2) is 48.2 Å². The number of allylic oxidation sites excluding steroid dienone is 2. The number of nitrogens with zero attached hydrogens (tertiary/aromatic N) is 1. The van der Waals surface area contributed by atoms with Crippen molar-refractivity contribution in [3.8, 4) is 11.1 Å². The van der Waals surface area contributed by atoms with Gasteiger partial charge >= 0.3 is 0 Å². The molecule has 2 unspecified atom stereocenters. The number of carbonyl (C=O) groups excluding carboxylic acids is 3. The van der Waals surface area contributed by atoms with Gasteiger partial charge in [-0.2, -0.15) is 0 Å². The van der Waals surface area contributed by atoms with Crippen LogP contribution in [0.2, 0.25) is 0 Å². The van der Waals surface area contributed by atoms with E-state index < -0.39 is 48.4 Å². The van der Waals surface area contributed by atoms with Crippen LogP contribution in [-0.2, 0) is 14.4 Å². The fraction of sp³-hybridized carbons (Fsp3) is 0.269. The molecular formula is C26H25F2N3O4. The number of benzene rings is 2. The molecule has 0 fully saturated rings. The molecule has 1 aliphatic carbocycles. The Morgan fingerprint density at radius 2 is 1.74 bits per heavy atom. The van der Waals surface area contributed by atoms with Gasteiger partial charge < -0.3 is 20.6 Å². The van der Waals surface area contributed by atoms with E-state index in [9.17, 15) is 28.3 Å². The Kier molecular flexibility index (Phi) is 6.79. The standard InChI is InChI=1S/C26H25F2N3O4/c1-14(29-25(34)23(32)15-11-16(27)13-17(28)12-15)24(33)30-22-20-9-4-3-7-18(20)19-8-5-6-10-21(19)31(2)26(22)35/h3-12,14,16,22-23,32H,13H2,1-2H3,(H,29,34)(H,30,33)/t14-,16?,22?,23-/m0/s1. The molecule has 0 aromatic heterocycles. The van der Waals surface area contributed by atoms with Crippen LogP contribution in [0.4, 0.5) is 14.5 Å². The molecule has 0 radical (unpaired) electrons. The van der Waals surface area contributed by atoms with Crippen LogP contribution < -0.4 is 15.5 Å². The zero-order chi connectivity index (χ0) is 25.3. The number of fused-ring (bicyclic) bond motifs is 3. The summed E-state index contributed by atoms with van der Waals surface area (Å²) < 4.78 is 27.1. The Balaban J connectivity index is 1.52. The van der Waals surface area contributed by atoms with Crippen LogP contribution in [0.5, 0.6) is 0 Å². The number of rotatable bonds is 5. The highest BCUT2D eigenvalue weighted by Crippen LogP contribution is 2.39. The number of hydrogen-bond donors (Lipinski definition) is 3. The quantitative estimate of drug-likeness (QED) is 0.612. The fourth-order valence-electron chi connectivity index (χ4n) is 4.26. The Labute approximate surface area is 201 Å². The zero-order valence-corrected chi connectivity index (χ0v) is 19.2. The van der Waals surface area contributed by atoms with Crippen molar-refractivity contribution < 1.29 is 28.3 Å². The van der Waals surface area contributed by atoms with Crippen LogP contribution >= 0.6 is 0 Å². The molecule has 0 bridgehead atoms. The van der Waals surface area contributed by atoms with Crippen LogP contribution in [0.25, 0.3) is 11.1 Å². The molecule has 2 aliphatic rings. The number of anilines is 1. The lowest BCUT2D eigenvalue weighted by Crippen LogP contribution is -2.51. The minimum atomic E-state index is -1.85. The molecular weight excluding hydrogens is 456 g/mol. The Morgan fingerprint density at radius 3 is 2.46 bits per heavy atom. The highest BCUT2D eigenvalue weighted by Gasteiger charge is 2.34. The van der Waals surface area contributed by atoms with E-state index in [4.69, 9.17) is 0 Å². The van der Waals surface area contributed by atoms with Crippen molar-refractivity contribution in [1.82, 2.24) is 10.6 Å². The van der Waals surface area contributed by atoms with Gasteiger partial charge in [0.15, 0.2) is 6.10 Å². The van der Waals surface area contributed by atoms with Gasteiger partial charge in [-0.1, -0.05) is 42.5 Å². The van der Waals surface area contributed by atoms with Crippen molar-refractivity contribution in [2.45, 2.75) is 37.7 Å². The number of aliphatic hydroxyl groups is 1. The highest BCUT2D eigenvalue weighted by molar-refractivity contribution is 6.06. The molecule has 4 rings (SSSR count). The van der Waals surface area contributed by atoms with Gasteiger partial charge in [-0.25, -0.2) is 8.78 Å². The van der Waals surface area contributed by atoms with E-state index in [0.29, 0.717) is 11.3 Å². The Morgan fingerprint density at radius 1 is 1.09 bits per heavy atom. The van der Waals surface area contributed by atoms with Crippen LogP contribution in [0.1, 0.15) is 24.9 Å². The SMILES string of the molecule is C[C@H](NC(=O)[C@@H](O)C1=CC(F)CC(F)=C1)C(=O)NC1C(=O)N(C)c2ccccc2-c2ccccc21. The first-order chi connectivity index (χ1) is 16.7. The van der Waals surface area contributed by atoms with Crippen molar-refractivity contribution in [1.29, 1.82) is 0 Å². The second-order valence-electron chi connectivity index (χ2n) is 8.55. The second-order valence-corrected chi connectivity index (χ2v) is 8.55. The minimum absolute atomic E-state index is 0.223. The average molecular weight is 481 g/mol. The molecule has 1 aliphatic heterocycles. The summed E-state index contributed by atoms with van der Waals surface area (Å²) >= 11 is 0. The van der Waals surface area contributed by atoms with Crippen LogP contribution in [0.15, 0.2) is 72.1 Å². The lowest BCUT2D eigenvalue weighted by Gasteiger charge is -2.25. The van der Waals surface area contributed by atoms with Gasteiger partial charge in [0.25, 0.3) is 11.8 Å². The Hall–Kier alpha value is -3.85. The average Bonchev–Trinajstić information content (AvgIpc) is 2.92. The zero-order valence-electron chi connectivity index (χ0n) is 19.2. The summed E-state index contributed by atoms with van der Waals surface area (Å²) in [5, 5.41) is 15.3. The van der Waals surface area contributed by atoms with E-state index in [-0.39, 0.29) is 11.5 Å². The highest BCUT2D eigenvalue weighted by atomic mass is 19.1. The predicted octanol–water partition coefficient (Wildman–Crippen LogP) is 2.87. The smallest absolute Gasteiger partial charge is 0.254 e. The maximum Gasteiger partial charge on any atom is 0.254 e. The largest absolute Gasteiger partial charge is 0.378 e. The first kappa shape index (κ1) is 24.3. The van der Waals surface area contributed by atoms with Crippen LogP contribution in [0, 0.1) is 0 Å². The predicted molar refractivity (Wildman–Crippen MR) is 127 cm³/mol. The van der Waals surface area contributed by atoms with Gasteiger partial charge in [-0.05, 0) is 41.8 Å². The van der Waals surface area contributed by atoms with Crippen LogP contribution in [0.3, 0.4) is 0 Å². The van der Waals surface area contributed by atoms with E-state index in [1.54, 1.807) is 19.2 Å². The molecule has 4 atom stereocenters. The van der Waals surface area contributed by atoms with Gasteiger partial charge in [-0.15, -0.1) is 0 Å². The lowest BCUT2D eigenvalue weighted by atomic mass is 9.95. The normalized spacial score (nSPS) is 20.9. The molecule has 9 heteroatoms. The maximum absolute atomic E-state index is 13.6. The summed E-state index contributed by atoms with van der Waals surface area (Å²) in [4.78, 5) is 40.2. The number of nitrogens with one attached hydrogen (secondary N) is 2. The van der Waals surface area contributed by atoms with E-state index >= 15 is 0 Å². The van der Waals surface area contributed by atoms with Gasteiger partial charge in [-0.3, -0.25) is 14.4 Å². The topological polar surface area (TPSA) is 98.7 Å². The molecule has 2 aromatic rings. The summed E-state index contributed by atoms with van der Waals surface area (Å²) in [7, 11) is 1.62. The summed E-state index contributed by atoms with van der Waals surface area (Å²) in [6.45, 7) is 1.38. The summed E-state index contributed by atoms with van der Waals surface area (Å²) in [6.07, 6.45) is -2.09. The summed E-state index contributed by atoms with van der Waals surface area (Å²) in [5.41, 5.74) is 2.70. The van der Waals surface area contributed by atoms with Crippen molar-refractivity contribution in [2.24, 2.45) is 0 Å². The van der Waals surface area contributed by atoms with Gasteiger partial charge in [0.2, 0.25) is 5.91 Å². The third kappa shape index (κ3) is 4.85. The van der Waals surface area contributed by atoms with E-state index in [2.05, 4.69) is 10.6 Å². The van der Waals surface area contributed by atoms with Gasteiger partial charge in [0.1, 0.15) is 24.1 Å². The summed E-state index contributed by atoms with van der Waals surface area (Å²) in [6, 6.07) is 12.5. The number of alkyl halides is 1. The van der Waals surface area contributed by atoms with E-state index in [1.807, 2.05) is 36.4 Å². The number of amides is 3. The molecule has 1 heterocycles. The molecule has 35 heavy (non-hydrogen) atoms. The first-order valence-electron chi connectivity index (χ1n) is 11.1. The molecule has 7 nitrogen and oxygen atoms in total. The monoisotopic (exact) mass is 481 g/mol. The molecule has 3 amide bonds. The summed E-state index contributed by atoms with van der Waals surface area (Å²) in [5.74, 6) is -2.81. The van der Waals surface area contributed by atoms with Gasteiger partial charge in [0, 0.05) is 19.0 Å². The number of halogens is 2. The third-order valence-corrected chi connectivity index (χ3v) is 6.09. The number of likely N-dealkylation sites (N-methyl/N-ethyl adjacent to an activating group) is 1. The van der Waals surface area contributed by atoms with Gasteiger partial charge in [0.05, 0.1) is 5.69 Å². The fourth-order valence-corrected chi connectivity index (χ4v) is 4.26. The molecule has 0 spiro atoms. The minimum Gasteiger partial charge on any atom is -0.378 e. The van der Waals surface area contributed by atoms with E-state index in [1.165, 1.54) is 11.8 Å². The molecule has 0 saturated heterocycles. The Bertz CT molecular complexity index is 1240. The lowest BCUT2D eigenvalue weighted by molar-refractivity contribution is -0.133. The number of hydrogen-bond acceptors (Lipinski definition) is 4. The molecule has 0 saturated carbocycles. The number of carbonyl (C=O) groups is 3.